The van der Waals surface area contributed by atoms with E-state index >= 15 is 0 Å². The van der Waals surface area contributed by atoms with Crippen molar-refractivity contribution < 1.29 is 0 Å². The highest BCUT2D eigenvalue weighted by atomic mass is 15.1. The smallest absolute Gasteiger partial charge is 0.233 e. The molecule has 5 nitrogen and oxygen atoms in total. The number of imidazole rings is 1. The second kappa shape index (κ2) is 6.54. The summed E-state index contributed by atoms with van der Waals surface area (Å²) in [5, 5.41) is 8.47. The largest absolute Gasteiger partial charge is 0.319 e. The highest BCUT2D eigenvalue weighted by molar-refractivity contribution is 6.00. The van der Waals surface area contributed by atoms with Crippen LogP contribution in [0.2, 0.25) is 0 Å². The summed E-state index contributed by atoms with van der Waals surface area (Å²) in [6.45, 7) is 7.21. The molecule has 0 radical (unpaired) electrons. The Morgan fingerprint density at radius 3 is 2.64 bits per heavy atom. The van der Waals surface area contributed by atoms with Crippen LogP contribution < -0.4 is 0 Å². The van der Waals surface area contributed by atoms with Gasteiger partial charge in [0.1, 0.15) is 6.07 Å². The fraction of sp³-hybridized carbons (Fsp3) is 0.333. The number of rotatable bonds is 1. The summed E-state index contributed by atoms with van der Waals surface area (Å²) in [5.41, 5.74) is 0. The summed E-state index contributed by atoms with van der Waals surface area (Å²) in [7, 11) is 1.78. The first-order chi connectivity index (χ1) is 6.77. The maximum absolute atomic E-state index is 8.47. The van der Waals surface area contributed by atoms with E-state index in [1.165, 1.54) is 0 Å². The first kappa shape index (κ1) is 12.0. The zero-order chi connectivity index (χ0) is 11.0. The molecular formula is C9H13N5. The number of aromatic nitrogens is 2. The predicted molar refractivity (Wildman–Crippen MR) is 56.8 cm³/mol. The van der Waals surface area contributed by atoms with E-state index in [4.69, 9.17) is 5.26 Å². The molecule has 0 aliphatic carbocycles. The molecule has 0 unspecified atom stereocenters. The fourth-order valence-electron chi connectivity index (χ4n) is 0.662. The molecule has 1 aromatic heterocycles. The van der Waals surface area contributed by atoms with Gasteiger partial charge in [0, 0.05) is 7.05 Å². The van der Waals surface area contributed by atoms with E-state index < -0.39 is 0 Å². The van der Waals surface area contributed by atoms with E-state index in [2.05, 4.69) is 21.7 Å². The second-order valence-corrected chi connectivity index (χ2v) is 2.07. The first-order valence-corrected chi connectivity index (χ1v) is 4.19. The van der Waals surface area contributed by atoms with Gasteiger partial charge in [-0.05, 0) is 6.72 Å². The van der Waals surface area contributed by atoms with E-state index in [1.54, 1.807) is 30.2 Å². The minimum atomic E-state index is 0.0404. The third-order valence-corrected chi connectivity index (χ3v) is 1.26. The van der Waals surface area contributed by atoms with E-state index in [0.29, 0.717) is 5.82 Å². The van der Waals surface area contributed by atoms with E-state index in [1.807, 2.05) is 13.8 Å². The molecule has 0 saturated carbocycles. The van der Waals surface area contributed by atoms with Crippen LogP contribution in [0.5, 0.6) is 0 Å². The van der Waals surface area contributed by atoms with Crippen molar-refractivity contribution in [2.45, 2.75) is 13.8 Å². The molecule has 0 atom stereocenters. The molecule has 1 heterocycles. The van der Waals surface area contributed by atoms with Gasteiger partial charge in [0.25, 0.3) is 0 Å². The summed E-state index contributed by atoms with van der Waals surface area (Å²) in [6.07, 6.45) is 3.14. The van der Waals surface area contributed by atoms with Crippen LogP contribution in [-0.2, 0) is 7.05 Å². The molecule has 5 heteroatoms. The molecule has 0 spiro atoms. The van der Waals surface area contributed by atoms with Crippen LogP contribution in [-0.4, -0.2) is 22.1 Å². The highest BCUT2D eigenvalue weighted by Crippen LogP contribution is 2.08. The van der Waals surface area contributed by atoms with Gasteiger partial charge in [-0.3, -0.25) is 0 Å². The second-order valence-electron chi connectivity index (χ2n) is 2.07. The Balaban J connectivity index is 0.000000791. The average Bonchev–Trinajstić information content (AvgIpc) is 2.63. The van der Waals surface area contributed by atoms with Crippen LogP contribution in [0.25, 0.3) is 0 Å². The van der Waals surface area contributed by atoms with Gasteiger partial charge in [0.05, 0.1) is 12.5 Å². The molecule has 0 aliphatic heterocycles. The van der Waals surface area contributed by atoms with E-state index in [9.17, 15) is 0 Å². The van der Waals surface area contributed by atoms with Crippen LogP contribution in [0.4, 0.5) is 5.82 Å². The molecule has 14 heavy (non-hydrogen) atoms. The number of nitrogens with zero attached hydrogens (tertiary/aromatic N) is 5. The number of amidine groups is 1. The zero-order valence-corrected chi connectivity index (χ0v) is 8.60. The summed E-state index contributed by atoms with van der Waals surface area (Å²) in [6, 6.07) is 1.80. The lowest BCUT2D eigenvalue weighted by Crippen LogP contribution is -1.89. The zero-order valence-electron chi connectivity index (χ0n) is 8.60. The van der Waals surface area contributed by atoms with Crippen LogP contribution >= 0.6 is 0 Å². The third kappa shape index (κ3) is 3.19. The van der Waals surface area contributed by atoms with Gasteiger partial charge in [-0.25, -0.2) is 9.98 Å². The fourth-order valence-corrected chi connectivity index (χ4v) is 0.662. The molecular weight excluding hydrogens is 178 g/mol. The van der Waals surface area contributed by atoms with Gasteiger partial charge >= 0.3 is 0 Å². The molecule has 0 saturated heterocycles. The van der Waals surface area contributed by atoms with Gasteiger partial charge in [-0.15, -0.1) is 0 Å². The lowest BCUT2D eigenvalue weighted by atomic mass is 10.6. The Morgan fingerprint density at radius 1 is 1.64 bits per heavy atom. The Labute approximate surface area is 83.4 Å². The quantitative estimate of drug-likeness (QED) is 0.501. The minimum absolute atomic E-state index is 0.0404. The Morgan fingerprint density at radius 2 is 2.29 bits per heavy atom. The summed E-state index contributed by atoms with van der Waals surface area (Å²) >= 11 is 0. The third-order valence-electron chi connectivity index (χ3n) is 1.26. The Hall–Kier alpha value is -1.96. The molecule has 1 aromatic rings. The van der Waals surface area contributed by atoms with Gasteiger partial charge < -0.3 is 4.57 Å². The van der Waals surface area contributed by atoms with Crippen molar-refractivity contribution in [2.75, 3.05) is 0 Å². The molecule has 0 N–H and O–H groups in total. The lowest BCUT2D eigenvalue weighted by Gasteiger charge is -1.92. The van der Waals surface area contributed by atoms with Crippen molar-refractivity contribution in [3.63, 3.8) is 0 Å². The van der Waals surface area contributed by atoms with Gasteiger partial charge in [0.15, 0.2) is 5.82 Å². The molecule has 0 aliphatic rings. The first-order valence-electron chi connectivity index (χ1n) is 4.19. The number of nitriles is 1. The number of aryl methyl sites for hydroxylation is 1. The van der Waals surface area contributed by atoms with Crippen molar-refractivity contribution in [1.82, 2.24) is 9.55 Å². The SMILES string of the molecule is C=N/C(C#N)=N\c1cncn1C.CC. The Kier molecular flexibility index (Phi) is 5.63. The number of hydrogen-bond donors (Lipinski definition) is 0. The highest BCUT2D eigenvalue weighted by Gasteiger charge is 1.96. The van der Waals surface area contributed by atoms with Gasteiger partial charge in [-0.1, -0.05) is 13.8 Å². The summed E-state index contributed by atoms with van der Waals surface area (Å²) in [5.74, 6) is 0.623. The molecule has 0 amide bonds. The van der Waals surface area contributed by atoms with Crippen molar-refractivity contribution >= 4 is 18.4 Å². The van der Waals surface area contributed by atoms with Crippen LogP contribution in [0, 0.1) is 11.3 Å². The summed E-state index contributed by atoms with van der Waals surface area (Å²) in [4.78, 5) is 11.1. The van der Waals surface area contributed by atoms with Crippen molar-refractivity contribution in [3.8, 4) is 6.07 Å². The van der Waals surface area contributed by atoms with E-state index in [0.717, 1.165) is 0 Å². The Bertz CT molecular complexity index is 356. The predicted octanol–water partition coefficient (Wildman–Crippen LogP) is 1.70. The molecule has 1 rings (SSSR count). The maximum Gasteiger partial charge on any atom is 0.233 e. The lowest BCUT2D eigenvalue weighted by molar-refractivity contribution is 0.912. The number of hydrogen-bond acceptors (Lipinski definition) is 3. The van der Waals surface area contributed by atoms with Gasteiger partial charge in [-0.2, -0.15) is 10.3 Å². The molecule has 0 fully saturated rings. The van der Waals surface area contributed by atoms with Crippen molar-refractivity contribution in [2.24, 2.45) is 17.0 Å². The number of aliphatic imine (C=N–C) groups is 2. The van der Waals surface area contributed by atoms with E-state index in [-0.39, 0.29) is 5.84 Å². The van der Waals surface area contributed by atoms with Crippen LogP contribution in [0.3, 0.4) is 0 Å². The van der Waals surface area contributed by atoms with Crippen LogP contribution in [0.1, 0.15) is 13.8 Å². The molecule has 0 bridgehead atoms. The average molecular weight is 191 g/mol. The van der Waals surface area contributed by atoms with Crippen molar-refractivity contribution in [1.29, 1.82) is 5.26 Å². The summed E-state index contributed by atoms with van der Waals surface area (Å²) < 4.78 is 1.68. The standard InChI is InChI=1S/C7H7N5.C2H6/c1-9-6(3-8)11-7-4-10-5-12(7)2;1-2/h4-5H,1H2,2H3;1-2H3/b11-6-;. The monoisotopic (exact) mass is 191 g/mol. The maximum atomic E-state index is 8.47. The topological polar surface area (TPSA) is 66.3 Å². The van der Waals surface area contributed by atoms with Crippen LogP contribution in [0.15, 0.2) is 22.5 Å². The normalized spacial score (nSPS) is 9.71. The molecule has 74 valence electrons. The van der Waals surface area contributed by atoms with Crippen molar-refractivity contribution in [3.05, 3.63) is 12.5 Å². The molecule has 0 aromatic carbocycles. The minimum Gasteiger partial charge on any atom is -0.319 e. The van der Waals surface area contributed by atoms with Gasteiger partial charge in [0.2, 0.25) is 5.84 Å².